The molecule has 0 bridgehead atoms. The smallest absolute Gasteiger partial charge is 0.195 e. The van der Waals surface area contributed by atoms with Crippen molar-refractivity contribution in [1.82, 2.24) is 10.2 Å². The Morgan fingerprint density at radius 1 is 1.15 bits per heavy atom. The Morgan fingerprint density at radius 3 is 2.25 bits per heavy atom. The average molecular weight is 333 g/mol. The van der Waals surface area contributed by atoms with Gasteiger partial charge in [0, 0.05) is 43.9 Å². The van der Waals surface area contributed by atoms with Gasteiger partial charge in [-0.15, -0.1) is 24.8 Å². The van der Waals surface area contributed by atoms with E-state index in [4.69, 9.17) is 0 Å². The van der Waals surface area contributed by atoms with Crippen molar-refractivity contribution >= 4 is 24.8 Å². The van der Waals surface area contributed by atoms with Gasteiger partial charge in [0.1, 0.15) is 5.75 Å². The largest absolute Gasteiger partial charge is 0.507 e. The second kappa shape index (κ2) is 7.93. The van der Waals surface area contributed by atoms with Crippen molar-refractivity contribution in [2.24, 2.45) is 0 Å². The molecule has 1 aliphatic rings. The zero-order chi connectivity index (χ0) is 13.3. The molecule has 0 spiro atoms. The molecule has 1 saturated heterocycles. The van der Waals surface area contributed by atoms with E-state index in [0.717, 1.165) is 13.1 Å². The lowest BCUT2D eigenvalue weighted by Gasteiger charge is -2.33. The van der Waals surface area contributed by atoms with E-state index in [1.807, 2.05) is 4.90 Å². The molecule has 1 aromatic rings. The molecule has 0 aliphatic carbocycles. The summed E-state index contributed by atoms with van der Waals surface area (Å²) >= 11 is 0. The van der Waals surface area contributed by atoms with Gasteiger partial charge < -0.3 is 10.4 Å². The number of halogens is 5. The fourth-order valence-corrected chi connectivity index (χ4v) is 2.25. The van der Waals surface area contributed by atoms with Crippen LogP contribution in [0.4, 0.5) is 13.2 Å². The van der Waals surface area contributed by atoms with Crippen LogP contribution >= 0.6 is 24.8 Å². The number of aromatic hydroxyl groups is 1. The van der Waals surface area contributed by atoms with E-state index >= 15 is 0 Å². The Kier molecular flexibility index (Phi) is 7.65. The third-order valence-electron chi connectivity index (χ3n) is 3.30. The summed E-state index contributed by atoms with van der Waals surface area (Å²) in [6.45, 7) is 4.49. The number of nitrogens with zero attached hydrogens (tertiary/aromatic N) is 1. The molecule has 2 rings (SSSR count). The number of piperazine rings is 1. The van der Waals surface area contributed by atoms with Crippen LogP contribution in [0.15, 0.2) is 6.07 Å². The lowest BCUT2D eigenvalue weighted by molar-refractivity contribution is 0.178. The van der Waals surface area contributed by atoms with E-state index in [1.165, 1.54) is 0 Å². The minimum absolute atomic E-state index is 0. The van der Waals surface area contributed by atoms with E-state index in [-0.39, 0.29) is 30.4 Å². The molecular weight excluding hydrogens is 316 g/mol. The first kappa shape index (κ1) is 19.3. The van der Waals surface area contributed by atoms with Gasteiger partial charge in [0.15, 0.2) is 17.5 Å². The average Bonchev–Trinajstić information content (AvgIpc) is 2.37. The molecule has 0 saturated carbocycles. The minimum atomic E-state index is -1.54. The summed E-state index contributed by atoms with van der Waals surface area (Å²) in [6.07, 6.45) is 0. The number of hydrogen-bond acceptors (Lipinski definition) is 3. The Labute approximate surface area is 128 Å². The maximum Gasteiger partial charge on any atom is 0.195 e. The normalized spacial score (nSPS) is 17.0. The number of phenolic OH excluding ortho intramolecular Hbond substituents is 1. The van der Waals surface area contributed by atoms with Crippen molar-refractivity contribution in [3.63, 3.8) is 0 Å². The molecule has 8 heteroatoms. The summed E-state index contributed by atoms with van der Waals surface area (Å²) in [7, 11) is 0. The van der Waals surface area contributed by atoms with Crippen LogP contribution < -0.4 is 5.32 Å². The zero-order valence-corrected chi connectivity index (χ0v) is 12.5. The zero-order valence-electron chi connectivity index (χ0n) is 10.8. The topological polar surface area (TPSA) is 35.5 Å². The Bertz CT molecular complexity index is 457. The first-order valence-corrected chi connectivity index (χ1v) is 5.83. The molecule has 1 fully saturated rings. The molecule has 0 aromatic heterocycles. The fraction of sp³-hybridized carbons (Fsp3) is 0.500. The highest BCUT2D eigenvalue weighted by molar-refractivity contribution is 5.85. The summed E-state index contributed by atoms with van der Waals surface area (Å²) < 4.78 is 39.8. The first-order valence-electron chi connectivity index (χ1n) is 5.83. The SMILES string of the molecule is C[C@H](c1c(O)cc(F)c(F)c1F)N1CCNCC1.Cl.Cl. The number of benzene rings is 1. The highest BCUT2D eigenvalue weighted by Crippen LogP contribution is 2.33. The second-order valence-electron chi connectivity index (χ2n) is 4.38. The van der Waals surface area contributed by atoms with Gasteiger partial charge in [-0.3, -0.25) is 4.90 Å². The summed E-state index contributed by atoms with van der Waals surface area (Å²) in [6, 6.07) is 0.120. The predicted molar refractivity (Wildman–Crippen MR) is 75.3 cm³/mol. The van der Waals surface area contributed by atoms with Gasteiger partial charge in [-0.1, -0.05) is 0 Å². The van der Waals surface area contributed by atoms with Crippen molar-refractivity contribution in [3.05, 3.63) is 29.1 Å². The van der Waals surface area contributed by atoms with E-state index in [1.54, 1.807) is 6.92 Å². The highest BCUT2D eigenvalue weighted by Gasteiger charge is 2.27. The Hall–Kier alpha value is -0.690. The van der Waals surface area contributed by atoms with Crippen LogP contribution in [0, 0.1) is 17.5 Å². The van der Waals surface area contributed by atoms with Gasteiger partial charge in [-0.25, -0.2) is 13.2 Å². The van der Waals surface area contributed by atoms with Gasteiger partial charge in [0.05, 0.1) is 0 Å². The van der Waals surface area contributed by atoms with E-state index in [2.05, 4.69) is 5.32 Å². The van der Waals surface area contributed by atoms with E-state index in [0.29, 0.717) is 19.2 Å². The van der Waals surface area contributed by atoms with Crippen molar-refractivity contribution in [3.8, 4) is 5.75 Å². The molecule has 0 amide bonds. The molecular formula is C12H17Cl2F3N2O. The van der Waals surface area contributed by atoms with Gasteiger partial charge in [0.25, 0.3) is 0 Å². The first-order chi connectivity index (χ1) is 8.52. The molecule has 1 atom stereocenters. The summed E-state index contributed by atoms with van der Waals surface area (Å²) in [4.78, 5) is 1.91. The van der Waals surface area contributed by atoms with Crippen LogP contribution in [-0.4, -0.2) is 36.2 Å². The van der Waals surface area contributed by atoms with E-state index < -0.39 is 29.2 Å². The second-order valence-corrected chi connectivity index (χ2v) is 4.38. The summed E-state index contributed by atoms with van der Waals surface area (Å²) in [5.74, 6) is -4.76. The monoisotopic (exact) mass is 332 g/mol. The quantitative estimate of drug-likeness (QED) is 0.817. The lowest BCUT2D eigenvalue weighted by atomic mass is 10.0. The molecule has 3 nitrogen and oxygen atoms in total. The van der Waals surface area contributed by atoms with Crippen molar-refractivity contribution in [1.29, 1.82) is 0 Å². The van der Waals surface area contributed by atoms with Crippen LogP contribution in [0.2, 0.25) is 0 Å². The molecule has 1 aliphatic heterocycles. The van der Waals surface area contributed by atoms with Gasteiger partial charge in [0.2, 0.25) is 0 Å². The third-order valence-corrected chi connectivity index (χ3v) is 3.30. The van der Waals surface area contributed by atoms with Crippen LogP contribution in [-0.2, 0) is 0 Å². The van der Waals surface area contributed by atoms with E-state index in [9.17, 15) is 18.3 Å². The summed E-state index contributed by atoms with van der Waals surface area (Å²) in [5.41, 5.74) is -0.184. The number of phenols is 1. The molecule has 2 N–H and O–H groups in total. The van der Waals surface area contributed by atoms with Crippen LogP contribution in [0.1, 0.15) is 18.5 Å². The molecule has 1 heterocycles. The Morgan fingerprint density at radius 2 is 1.70 bits per heavy atom. The van der Waals surface area contributed by atoms with Gasteiger partial charge >= 0.3 is 0 Å². The van der Waals surface area contributed by atoms with Crippen molar-refractivity contribution in [2.75, 3.05) is 26.2 Å². The lowest BCUT2D eigenvalue weighted by Crippen LogP contribution is -2.44. The minimum Gasteiger partial charge on any atom is -0.507 e. The van der Waals surface area contributed by atoms with Gasteiger partial charge in [-0.05, 0) is 6.92 Å². The standard InChI is InChI=1S/C12H15F3N2O.2ClH/c1-7(17-4-2-16-3-5-17)10-9(18)6-8(13)11(14)12(10)15;;/h6-7,16,18H,2-5H2,1H3;2*1H/t7-;;/m1../s1. The molecule has 0 unspecified atom stereocenters. The Balaban J connectivity index is 0.00000180. The maximum atomic E-state index is 13.7. The number of rotatable bonds is 2. The van der Waals surface area contributed by atoms with Crippen LogP contribution in [0.5, 0.6) is 5.75 Å². The molecule has 0 radical (unpaired) electrons. The van der Waals surface area contributed by atoms with Gasteiger partial charge in [-0.2, -0.15) is 0 Å². The van der Waals surface area contributed by atoms with Crippen molar-refractivity contribution < 1.29 is 18.3 Å². The molecule has 116 valence electrons. The maximum absolute atomic E-state index is 13.7. The fourth-order valence-electron chi connectivity index (χ4n) is 2.25. The molecule has 1 aromatic carbocycles. The van der Waals surface area contributed by atoms with Crippen molar-refractivity contribution in [2.45, 2.75) is 13.0 Å². The van der Waals surface area contributed by atoms with Crippen LogP contribution in [0.3, 0.4) is 0 Å². The van der Waals surface area contributed by atoms with Crippen LogP contribution in [0.25, 0.3) is 0 Å². The molecule has 20 heavy (non-hydrogen) atoms. The summed E-state index contributed by atoms with van der Waals surface area (Å²) in [5, 5.41) is 12.7. The third kappa shape index (κ3) is 3.69. The highest BCUT2D eigenvalue weighted by atomic mass is 35.5. The number of hydrogen-bond donors (Lipinski definition) is 2. The predicted octanol–water partition coefficient (Wildman–Crippen LogP) is 2.62. The number of nitrogens with one attached hydrogen (secondary N) is 1.